The number of hydrogen-bond acceptors (Lipinski definition) is 2. The summed E-state index contributed by atoms with van der Waals surface area (Å²) in [6.07, 6.45) is 0.611. The molecule has 0 fully saturated rings. The van der Waals surface area contributed by atoms with Gasteiger partial charge in [0.15, 0.2) is 0 Å². The summed E-state index contributed by atoms with van der Waals surface area (Å²) < 4.78 is 0. The summed E-state index contributed by atoms with van der Waals surface area (Å²) in [7, 11) is 0. The molecule has 3 heteroatoms. The number of hydrogen-bond donors (Lipinski definition) is 0. The molecule has 0 radical (unpaired) electrons. The maximum absolute atomic E-state index is 9.51. The Bertz CT molecular complexity index is 90.5. The minimum atomic E-state index is -0.440. The van der Waals surface area contributed by atoms with E-state index in [1.165, 1.54) is 0 Å². The van der Waals surface area contributed by atoms with Crippen LogP contribution in [0, 0.1) is 17.2 Å². The fourth-order valence-electron chi connectivity index (χ4n) is 0.0304. The van der Waals surface area contributed by atoms with Gasteiger partial charge in [-0.15, -0.1) is 0 Å². The Hall–Kier alpha value is 0.160. The van der Waals surface area contributed by atoms with Crippen LogP contribution >= 0.6 is 0 Å². The van der Waals surface area contributed by atoms with Crippen molar-refractivity contribution in [3.63, 3.8) is 0 Å². The first-order valence-corrected chi connectivity index (χ1v) is 1.66. The van der Waals surface area contributed by atoms with E-state index < -0.39 is 5.92 Å². The van der Waals surface area contributed by atoms with Crippen LogP contribution in [0.2, 0.25) is 0 Å². The minimum Gasteiger partial charge on any atom is -1.00 e. The van der Waals surface area contributed by atoms with Gasteiger partial charge in [-0.25, -0.2) is 0 Å². The Morgan fingerprint density at radius 1 is 2.00 bits per heavy atom. The van der Waals surface area contributed by atoms with Crippen molar-refractivity contribution < 1.29 is 35.8 Å². The fourth-order valence-corrected chi connectivity index (χ4v) is 0.0304. The van der Waals surface area contributed by atoms with Gasteiger partial charge in [-0.05, 0) is 6.92 Å². The van der Waals surface area contributed by atoms with Crippen LogP contribution in [0.3, 0.4) is 0 Å². The van der Waals surface area contributed by atoms with Crippen molar-refractivity contribution in [1.29, 1.82) is 5.26 Å². The summed E-state index contributed by atoms with van der Waals surface area (Å²) >= 11 is 0. The number of nitrogens with zero attached hydrogens (tertiary/aromatic N) is 1. The second kappa shape index (κ2) is 6.16. The maximum Gasteiger partial charge on any atom is 1.00 e. The Kier molecular flexibility index (Phi) is 8.98. The predicted octanol–water partition coefficient (Wildman–Crippen LogP) is -2.54. The standard InChI is InChI=1S/C4H5NO.Na.H/c1-4(2-5)3-6;;/h3-4H,1H3;;/q;+1;-1. The monoisotopic (exact) mass is 107 g/mol. The molecule has 0 heterocycles. The molecule has 0 aliphatic carbocycles. The van der Waals surface area contributed by atoms with Gasteiger partial charge in [0.1, 0.15) is 6.29 Å². The van der Waals surface area contributed by atoms with Gasteiger partial charge in [0.2, 0.25) is 0 Å². The van der Waals surface area contributed by atoms with E-state index in [2.05, 4.69) is 0 Å². The first-order valence-electron chi connectivity index (χ1n) is 1.66. The van der Waals surface area contributed by atoms with Crippen molar-refractivity contribution in [3.05, 3.63) is 0 Å². The SMILES string of the molecule is CC(C#N)C=O.[H-].[Na+]. The summed E-state index contributed by atoms with van der Waals surface area (Å²) in [5.41, 5.74) is 0. The molecule has 0 aliphatic heterocycles. The Morgan fingerprint density at radius 2 is 2.43 bits per heavy atom. The first kappa shape index (κ1) is 10.2. The average molecular weight is 107 g/mol. The van der Waals surface area contributed by atoms with E-state index in [0.717, 1.165) is 0 Å². The molecule has 0 saturated carbocycles. The molecule has 0 aromatic heterocycles. The normalized spacial score (nSPS) is 10.3. The summed E-state index contributed by atoms with van der Waals surface area (Å²) in [5, 5.41) is 7.85. The Labute approximate surface area is 66.3 Å². The quantitative estimate of drug-likeness (QED) is 0.273. The second-order valence-corrected chi connectivity index (χ2v) is 1.05. The largest absolute Gasteiger partial charge is 1.00 e. The molecule has 34 valence electrons. The third kappa shape index (κ3) is 6.16. The molecular formula is C4H6NNaO. The van der Waals surface area contributed by atoms with Crippen LogP contribution in [0.15, 0.2) is 0 Å². The van der Waals surface area contributed by atoms with Gasteiger partial charge in [-0.3, -0.25) is 0 Å². The van der Waals surface area contributed by atoms with Gasteiger partial charge in [-0.2, -0.15) is 5.26 Å². The van der Waals surface area contributed by atoms with Crippen LogP contribution in [-0.2, 0) is 4.79 Å². The fraction of sp³-hybridized carbons (Fsp3) is 0.500. The maximum atomic E-state index is 9.51. The smallest absolute Gasteiger partial charge is 1.00 e. The molecule has 7 heavy (non-hydrogen) atoms. The van der Waals surface area contributed by atoms with Crippen molar-refractivity contribution in [2.45, 2.75) is 6.92 Å². The van der Waals surface area contributed by atoms with Gasteiger partial charge in [0, 0.05) is 0 Å². The van der Waals surface area contributed by atoms with Crippen molar-refractivity contribution >= 4 is 6.29 Å². The molecule has 0 aliphatic rings. The van der Waals surface area contributed by atoms with E-state index in [-0.39, 0.29) is 31.0 Å². The number of rotatable bonds is 1. The van der Waals surface area contributed by atoms with Crippen LogP contribution in [0.25, 0.3) is 0 Å². The topological polar surface area (TPSA) is 40.9 Å². The van der Waals surface area contributed by atoms with E-state index in [0.29, 0.717) is 6.29 Å². The van der Waals surface area contributed by atoms with Crippen LogP contribution in [-0.4, -0.2) is 6.29 Å². The van der Waals surface area contributed by atoms with Crippen LogP contribution in [0.1, 0.15) is 8.35 Å². The molecule has 1 atom stereocenters. The zero-order chi connectivity index (χ0) is 4.99. The van der Waals surface area contributed by atoms with Gasteiger partial charge in [0.05, 0.1) is 12.0 Å². The van der Waals surface area contributed by atoms with E-state index in [9.17, 15) is 4.79 Å². The third-order valence-corrected chi connectivity index (χ3v) is 0.408. The van der Waals surface area contributed by atoms with Crippen LogP contribution < -0.4 is 29.6 Å². The molecule has 0 bridgehead atoms. The summed E-state index contributed by atoms with van der Waals surface area (Å²) in [6.45, 7) is 1.55. The molecule has 0 N–H and O–H groups in total. The predicted molar refractivity (Wildman–Crippen MR) is 22.0 cm³/mol. The summed E-state index contributed by atoms with van der Waals surface area (Å²) in [5.74, 6) is -0.440. The molecule has 0 aromatic carbocycles. The van der Waals surface area contributed by atoms with E-state index in [1.807, 2.05) is 0 Å². The Morgan fingerprint density at radius 3 is 2.43 bits per heavy atom. The number of carbonyl (C=O) groups is 1. The number of nitriles is 1. The van der Waals surface area contributed by atoms with Crippen LogP contribution in [0.4, 0.5) is 0 Å². The van der Waals surface area contributed by atoms with Gasteiger partial charge < -0.3 is 6.22 Å². The minimum absolute atomic E-state index is 0. The summed E-state index contributed by atoms with van der Waals surface area (Å²) in [6, 6.07) is 1.75. The second-order valence-electron chi connectivity index (χ2n) is 1.05. The van der Waals surface area contributed by atoms with Crippen molar-refractivity contribution in [2.24, 2.45) is 5.92 Å². The van der Waals surface area contributed by atoms with Crippen molar-refractivity contribution in [1.82, 2.24) is 0 Å². The van der Waals surface area contributed by atoms with Crippen LogP contribution in [0.5, 0.6) is 0 Å². The Balaban J connectivity index is -0.000000125. The third-order valence-electron chi connectivity index (χ3n) is 0.408. The van der Waals surface area contributed by atoms with Crippen molar-refractivity contribution in [2.75, 3.05) is 0 Å². The molecule has 0 rings (SSSR count). The first-order chi connectivity index (χ1) is 2.81. The van der Waals surface area contributed by atoms with Gasteiger partial charge >= 0.3 is 29.6 Å². The van der Waals surface area contributed by atoms with E-state index >= 15 is 0 Å². The molecule has 0 amide bonds. The number of carbonyl (C=O) groups excluding carboxylic acids is 1. The molecular weight excluding hydrogens is 101 g/mol. The van der Waals surface area contributed by atoms with E-state index in [1.54, 1.807) is 13.0 Å². The molecule has 1 unspecified atom stereocenters. The van der Waals surface area contributed by atoms with Crippen molar-refractivity contribution in [3.8, 4) is 6.07 Å². The molecule has 2 nitrogen and oxygen atoms in total. The number of aldehydes is 1. The molecule has 0 saturated heterocycles. The molecule has 0 spiro atoms. The molecule has 0 aromatic rings. The zero-order valence-corrected chi connectivity index (χ0v) is 6.51. The average Bonchev–Trinajstić information content (AvgIpc) is 1.65. The van der Waals surface area contributed by atoms with Gasteiger partial charge in [-0.1, -0.05) is 0 Å². The van der Waals surface area contributed by atoms with Gasteiger partial charge in [0.25, 0.3) is 0 Å². The van der Waals surface area contributed by atoms with E-state index in [4.69, 9.17) is 5.26 Å². The zero-order valence-electron chi connectivity index (χ0n) is 5.51. The summed E-state index contributed by atoms with van der Waals surface area (Å²) in [4.78, 5) is 9.51.